The quantitative estimate of drug-likeness (QED) is 0.795. The lowest BCUT2D eigenvalue weighted by Crippen LogP contribution is -2.27. The van der Waals surface area contributed by atoms with E-state index in [1.165, 1.54) is 0 Å². The van der Waals surface area contributed by atoms with Crippen molar-refractivity contribution in [2.24, 2.45) is 0 Å². The number of fused-ring (bicyclic) bond motifs is 1. The number of amides is 1. The fourth-order valence-electron chi connectivity index (χ4n) is 1.48. The van der Waals surface area contributed by atoms with Crippen LogP contribution in [0.2, 0.25) is 0 Å². The molecule has 0 atom stereocenters. The van der Waals surface area contributed by atoms with Crippen molar-refractivity contribution in [3.05, 3.63) is 24.5 Å². The van der Waals surface area contributed by atoms with Gasteiger partial charge in [-0.2, -0.15) is 0 Å². The minimum atomic E-state index is -0.518. The summed E-state index contributed by atoms with van der Waals surface area (Å²) in [5, 5.41) is 3.49. The Kier molecular flexibility index (Phi) is 2.75. The topological polar surface area (TPSA) is 67.0 Å². The fraction of sp³-hybridized carbons (Fsp3) is 0.333. The summed E-state index contributed by atoms with van der Waals surface area (Å²) in [4.78, 5) is 18.8. The molecule has 2 aromatic heterocycles. The van der Waals surface area contributed by atoms with E-state index in [0.717, 1.165) is 10.9 Å². The Morgan fingerprint density at radius 3 is 2.88 bits per heavy atom. The van der Waals surface area contributed by atoms with Crippen LogP contribution in [0.3, 0.4) is 0 Å². The maximum atomic E-state index is 11.6. The molecule has 0 saturated carbocycles. The summed E-state index contributed by atoms with van der Waals surface area (Å²) < 4.78 is 5.17. The van der Waals surface area contributed by atoms with E-state index in [9.17, 15) is 4.79 Å². The first-order valence-corrected chi connectivity index (χ1v) is 5.38. The van der Waals surface area contributed by atoms with Gasteiger partial charge in [-0.15, -0.1) is 0 Å². The summed E-state index contributed by atoms with van der Waals surface area (Å²) in [6.07, 6.45) is 2.93. The van der Waals surface area contributed by atoms with Gasteiger partial charge in [0, 0.05) is 17.8 Å². The third-order valence-corrected chi connectivity index (χ3v) is 2.10. The molecule has 0 aliphatic carbocycles. The van der Waals surface area contributed by atoms with Crippen LogP contribution >= 0.6 is 0 Å². The number of aromatic amines is 1. The van der Waals surface area contributed by atoms with Crippen molar-refractivity contribution in [1.29, 1.82) is 0 Å². The molecule has 0 unspecified atom stereocenters. The third kappa shape index (κ3) is 2.75. The smallest absolute Gasteiger partial charge is 0.413 e. The molecular formula is C12H15N3O2. The Bertz CT molecular complexity index is 540. The van der Waals surface area contributed by atoms with Gasteiger partial charge in [-0.05, 0) is 32.9 Å². The van der Waals surface area contributed by atoms with Gasteiger partial charge in [0.1, 0.15) is 11.4 Å². The number of anilines is 1. The molecule has 0 radical (unpaired) electrons. The number of nitrogens with one attached hydrogen (secondary N) is 2. The first-order chi connectivity index (χ1) is 7.96. The average molecular weight is 233 g/mol. The van der Waals surface area contributed by atoms with Crippen LogP contribution in [0.1, 0.15) is 20.8 Å². The van der Waals surface area contributed by atoms with Gasteiger partial charge < -0.3 is 9.72 Å². The minimum Gasteiger partial charge on any atom is -0.444 e. The molecule has 2 N–H and O–H groups in total. The van der Waals surface area contributed by atoms with Gasteiger partial charge in [0.05, 0.1) is 5.52 Å². The van der Waals surface area contributed by atoms with Gasteiger partial charge in [-0.25, -0.2) is 9.78 Å². The SMILES string of the molecule is CC(C)(C)OC(=O)Nc1nccc2[nH]ccc12. The molecule has 2 rings (SSSR count). The summed E-state index contributed by atoms with van der Waals surface area (Å²) in [5.74, 6) is 0.498. The maximum Gasteiger partial charge on any atom is 0.413 e. The van der Waals surface area contributed by atoms with Crippen LogP contribution in [-0.2, 0) is 4.74 Å². The molecule has 0 saturated heterocycles. The zero-order chi connectivity index (χ0) is 12.5. The van der Waals surface area contributed by atoms with Crippen molar-refractivity contribution in [3.8, 4) is 0 Å². The van der Waals surface area contributed by atoms with Crippen LogP contribution in [-0.4, -0.2) is 21.7 Å². The molecule has 2 aromatic rings. The second-order valence-electron chi connectivity index (χ2n) is 4.73. The molecule has 0 aromatic carbocycles. The van der Waals surface area contributed by atoms with Crippen LogP contribution in [0.4, 0.5) is 10.6 Å². The summed E-state index contributed by atoms with van der Waals surface area (Å²) in [5.41, 5.74) is 0.405. The van der Waals surface area contributed by atoms with E-state index < -0.39 is 11.7 Å². The number of pyridine rings is 1. The van der Waals surface area contributed by atoms with Gasteiger partial charge in [0.2, 0.25) is 0 Å². The molecular weight excluding hydrogens is 218 g/mol. The number of hydrogen-bond acceptors (Lipinski definition) is 3. The highest BCUT2D eigenvalue weighted by molar-refractivity contribution is 5.96. The standard InChI is InChI=1S/C12H15N3O2/c1-12(2,3)17-11(16)15-10-8-4-6-13-9(8)5-7-14-10/h4-7,13H,1-3H3,(H,14,15,16). The zero-order valence-corrected chi connectivity index (χ0v) is 10.1. The van der Waals surface area contributed by atoms with Crippen LogP contribution in [0.25, 0.3) is 10.9 Å². The number of carbonyl (C=O) groups is 1. The molecule has 0 spiro atoms. The largest absolute Gasteiger partial charge is 0.444 e. The van der Waals surface area contributed by atoms with E-state index in [-0.39, 0.29) is 0 Å². The molecule has 0 fully saturated rings. The first kappa shape index (κ1) is 11.4. The molecule has 5 nitrogen and oxygen atoms in total. The Labute approximate surface area is 99.2 Å². The molecule has 17 heavy (non-hydrogen) atoms. The van der Waals surface area contributed by atoms with Crippen molar-refractivity contribution in [2.75, 3.05) is 5.32 Å². The Morgan fingerprint density at radius 2 is 2.18 bits per heavy atom. The summed E-state index contributed by atoms with van der Waals surface area (Å²) in [6, 6.07) is 3.70. The van der Waals surface area contributed by atoms with E-state index in [2.05, 4.69) is 15.3 Å². The highest BCUT2D eigenvalue weighted by atomic mass is 16.6. The molecule has 0 aliphatic rings. The van der Waals surface area contributed by atoms with Gasteiger partial charge in [0.15, 0.2) is 0 Å². The zero-order valence-electron chi connectivity index (χ0n) is 10.1. The second-order valence-corrected chi connectivity index (χ2v) is 4.73. The normalized spacial score (nSPS) is 11.5. The predicted octanol–water partition coefficient (Wildman–Crippen LogP) is 2.91. The second kappa shape index (κ2) is 4.08. The third-order valence-electron chi connectivity index (χ3n) is 2.10. The van der Waals surface area contributed by atoms with Crippen molar-refractivity contribution >= 4 is 22.8 Å². The summed E-state index contributed by atoms with van der Waals surface area (Å²) in [6.45, 7) is 5.45. The van der Waals surface area contributed by atoms with Crippen molar-refractivity contribution in [3.63, 3.8) is 0 Å². The molecule has 0 bridgehead atoms. The number of hydrogen-bond donors (Lipinski definition) is 2. The monoisotopic (exact) mass is 233 g/mol. The molecule has 0 aliphatic heterocycles. The van der Waals surface area contributed by atoms with Gasteiger partial charge >= 0.3 is 6.09 Å². The van der Waals surface area contributed by atoms with E-state index >= 15 is 0 Å². The van der Waals surface area contributed by atoms with E-state index in [1.54, 1.807) is 12.4 Å². The van der Waals surface area contributed by atoms with Crippen LogP contribution in [0.5, 0.6) is 0 Å². The van der Waals surface area contributed by atoms with E-state index in [4.69, 9.17) is 4.74 Å². The highest BCUT2D eigenvalue weighted by Gasteiger charge is 2.17. The van der Waals surface area contributed by atoms with Crippen molar-refractivity contribution in [2.45, 2.75) is 26.4 Å². The molecule has 90 valence electrons. The molecule has 5 heteroatoms. The molecule has 1 amide bonds. The number of rotatable bonds is 1. The van der Waals surface area contributed by atoms with Gasteiger partial charge in [-0.1, -0.05) is 0 Å². The van der Waals surface area contributed by atoms with E-state index in [0.29, 0.717) is 5.82 Å². The predicted molar refractivity (Wildman–Crippen MR) is 66.0 cm³/mol. The lowest BCUT2D eigenvalue weighted by atomic mass is 10.2. The van der Waals surface area contributed by atoms with E-state index in [1.807, 2.05) is 32.9 Å². The Hall–Kier alpha value is -2.04. The first-order valence-electron chi connectivity index (χ1n) is 5.38. The average Bonchev–Trinajstić information content (AvgIpc) is 2.63. The minimum absolute atomic E-state index is 0.498. The summed E-state index contributed by atoms with van der Waals surface area (Å²) >= 11 is 0. The lowest BCUT2D eigenvalue weighted by Gasteiger charge is -2.19. The maximum absolute atomic E-state index is 11.6. The number of ether oxygens (including phenoxy) is 1. The number of aromatic nitrogens is 2. The Morgan fingerprint density at radius 1 is 1.41 bits per heavy atom. The molecule has 2 heterocycles. The van der Waals surface area contributed by atoms with Crippen molar-refractivity contribution in [1.82, 2.24) is 9.97 Å². The van der Waals surface area contributed by atoms with Crippen LogP contribution in [0.15, 0.2) is 24.5 Å². The fourth-order valence-corrected chi connectivity index (χ4v) is 1.48. The highest BCUT2D eigenvalue weighted by Crippen LogP contribution is 2.20. The van der Waals surface area contributed by atoms with Crippen LogP contribution < -0.4 is 5.32 Å². The summed E-state index contributed by atoms with van der Waals surface area (Å²) in [7, 11) is 0. The van der Waals surface area contributed by atoms with Gasteiger partial charge in [-0.3, -0.25) is 5.32 Å². The number of H-pyrrole nitrogens is 1. The van der Waals surface area contributed by atoms with Gasteiger partial charge in [0.25, 0.3) is 0 Å². The van der Waals surface area contributed by atoms with Crippen LogP contribution in [0, 0.1) is 0 Å². The number of nitrogens with zero attached hydrogens (tertiary/aromatic N) is 1. The van der Waals surface area contributed by atoms with Crippen molar-refractivity contribution < 1.29 is 9.53 Å². The number of carbonyl (C=O) groups excluding carboxylic acids is 1. The lowest BCUT2D eigenvalue weighted by molar-refractivity contribution is 0.0635. The Balaban J connectivity index is 2.18.